The number of carbonyl (C=O) groups is 1. The average Bonchev–Trinajstić information content (AvgIpc) is 2.87. The van der Waals surface area contributed by atoms with Gasteiger partial charge in [-0.25, -0.2) is 4.39 Å². The zero-order valence-corrected chi connectivity index (χ0v) is 10.8. The van der Waals surface area contributed by atoms with E-state index in [1.807, 2.05) is 0 Å². The van der Waals surface area contributed by atoms with Gasteiger partial charge in [0.25, 0.3) is 0 Å². The van der Waals surface area contributed by atoms with Gasteiger partial charge in [0.2, 0.25) is 5.91 Å². The number of carbonyl (C=O) groups excluding carboxylic acids is 1. The Balaban J connectivity index is 1.59. The van der Waals surface area contributed by atoms with E-state index in [1.165, 1.54) is 12.1 Å². The maximum Gasteiger partial charge on any atom is 0.220 e. The first-order valence-electron chi connectivity index (χ1n) is 6.62. The smallest absolute Gasteiger partial charge is 0.220 e. The molecule has 0 spiro atoms. The van der Waals surface area contributed by atoms with Crippen molar-refractivity contribution in [3.05, 3.63) is 30.1 Å². The highest BCUT2D eigenvalue weighted by Gasteiger charge is 2.15. The van der Waals surface area contributed by atoms with E-state index in [1.54, 1.807) is 12.1 Å². The van der Waals surface area contributed by atoms with Gasteiger partial charge in [0.15, 0.2) is 0 Å². The maximum atomic E-state index is 12.9. The molecule has 1 atom stereocenters. The number of amides is 1. The molecule has 2 N–H and O–H groups in total. The van der Waals surface area contributed by atoms with Gasteiger partial charge in [0, 0.05) is 25.1 Å². The van der Waals surface area contributed by atoms with Gasteiger partial charge in [-0.2, -0.15) is 0 Å². The predicted octanol–water partition coefficient (Wildman–Crippen LogP) is 1.46. The number of halogens is 1. The third-order valence-electron chi connectivity index (χ3n) is 3.04. The lowest BCUT2D eigenvalue weighted by Gasteiger charge is -2.11. The summed E-state index contributed by atoms with van der Waals surface area (Å²) in [5.41, 5.74) is 0. The maximum absolute atomic E-state index is 12.9. The minimum atomic E-state index is -0.316. The van der Waals surface area contributed by atoms with E-state index in [2.05, 4.69) is 10.6 Å². The topological polar surface area (TPSA) is 50.4 Å². The van der Waals surface area contributed by atoms with Gasteiger partial charge in [0.1, 0.15) is 11.6 Å². The van der Waals surface area contributed by atoms with Crippen molar-refractivity contribution < 1.29 is 13.9 Å². The Labute approximate surface area is 112 Å². The molecule has 1 heterocycles. The zero-order valence-electron chi connectivity index (χ0n) is 10.8. The fraction of sp³-hybridized carbons (Fsp3) is 0.500. The Morgan fingerprint density at radius 2 is 2.42 bits per heavy atom. The van der Waals surface area contributed by atoms with Gasteiger partial charge in [-0.3, -0.25) is 4.79 Å². The fourth-order valence-electron chi connectivity index (χ4n) is 2.06. The van der Waals surface area contributed by atoms with Crippen LogP contribution in [0.15, 0.2) is 24.3 Å². The molecule has 1 saturated heterocycles. The SMILES string of the molecule is O=C(CCCOc1cccc(F)c1)NC1CCNC1. The molecule has 2 rings (SSSR count). The first-order chi connectivity index (χ1) is 9.24. The number of nitrogens with one attached hydrogen (secondary N) is 2. The predicted molar refractivity (Wildman–Crippen MR) is 70.5 cm³/mol. The molecule has 104 valence electrons. The zero-order chi connectivity index (χ0) is 13.5. The van der Waals surface area contributed by atoms with Crippen LogP contribution < -0.4 is 15.4 Å². The van der Waals surface area contributed by atoms with Crippen molar-refractivity contribution >= 4 is 5.91 Å². The van der Waals surface area contributed by atoms with E-state index >= 15 is 0 Å². The second-order valence-corrected chi connectivity index (χ2v) is 4.67. The minimum Gasteiger partial charge on any atom is -0.493 e. The molecule has 0 bridgehead atoms. The van der Waals surface area contributed by atoms with Crippen molar-refractivity contribution in [1.82, 2.24) is 10.6 Å². The van der Waals surface area contributed by atoms with Crippen molar-refractivity contribution in [1.29, 1.82) is 0 Å². The van der Waals surface area contributed by atoms with Crippen LogP contribution in [0.1, 0.15) is 19.3 Å². The Bertz CT molecular complexity index is 420. The van der Waals surface area contributed by atoms with Crippen LogP contribution in [0.5, 0.6) is 5.75 Å². The Hall–Kier alpha value is -1.62. The van der Waals surface area contributed by atoms with Crippen LogP contribution in [0, 0.1) is 5.82 Å². The molecule has 19 heavy (non-hydrogen) atoms. The van der Waals surface area contributed by atoms with Crippen LogP contribution in [-0.2, 0) is 4.79 Å². The van der Waals surface area contributed by atoms with Crippen molar-refractivity contribution in [2.75, 3.05) is 19.7 Å². The summed E-state index contributed by atoms with van der Waals surface area (Å²) in [6.07, 6.45) is 2.06. The molecule has 0 radical (unpaired) electrons. The Kier molecular flexibility index (Phi) is 5.15. The van der Waals surface area contributed by atoms with Gasteiger partial charge < -0.3 is 15.4 Å². The summed E-state index contributed by atoms with van der Waals surface area (Å²) in [5.74, 6) is 0.237. The molecule has 4 nitrogen and oxygen atoms in total. The van der Waals surface area contributed by atoms with E-state index in [0.717, 1.165) is 19.5 Å². The van der Waals surface area contributed by atoms with Gasteiger partial charge >= 0.3 is 0 Å². The second-order valence-electron chi connectivity index (χ2n) is 4.67. The van der Waals surface area contributed by atoms with Crippen LogP contribution in [0.3, 0.4) is 0 Å². The monoisotopic (exact) mass is 266 g/mol. The lowest BCUT2D eigenvalue weighted by molar-refractivity contribution is -0.121. The molecule has 1 unspecified atom stereocenters. The van der Waals surface area contributed by atoms with E-state index < -0.39 is 0 Å². The lowest BCUT2D eigenvalue weighted by Crippen LogP contribution is -2.36. The molecule has 1 aliphatic rings. The van der Waals surface area contributed by atoms with Gasteiger partial charge in [-0.1, -0.05) is 6.07 Å². The van der Waals surface area contributed by atoms with Crippen molar-refractivity contribution in [3.63, 3.8) is 0 Å². The summed E-state index contributed by atoms with van der Waals surface area (Å²) in [7, 11) is 0. The Morgan fingerprint density at radius 3 is 3.16 bits per heavy atom. The number of ether oxygens (including phenoxy) is 1. The third kappa shape index (κ3) is 4.87. The number of hydrogen-bond donors (Lipinski definition) is 2. The molecule has 0 aliphatic carbocycles. The molecule has 1 aliphatic heterocycles. The largest absolute Gasteiger partial charge is 0.493 e. The number of hydrogen-bond acceptors (Lipinski definition) is 3. The van der Waals surface area contributed by atoms with Crippen molar-refractivity contribution in [2.24, 2.45) is 0 Å². The number of benzene rings is 1. The fourth-order valence-corrected chi connectivity index (χ4v) is 2.06. The quantitative estimate of drug-likeness (QED) is 0.766. The minimum absolute atomic E-state index is 0.0524. The molecule has 0 aromatic heterocycles. The number of rotatable bonds is 6. The summed E-state index contributed by atoms with van der Waals surface area (Å²) in [5, 5.41) is 6.17. The highest BCUT2D eigenvalue weighted by atomic mass is 19.1. The first kappa shape index (κ1) is 13.8. The molecule has 1 aromatic rings. The van der Waals surface area contributed by atoms with Crippen molar-refractivity contribution in [3.8, 4) is 5.75 Å². The molecule has 1 fully saturated rings. The summed E-state index contributed by atoms with van der Waals surface area (Å²) < 4.78 is 18.3. The highest BCUT2D eigenvalue weighted by molar-refractivity contribution is 5.76. The van der Waals surface area contributed by atoms with Gasteiger partial charge in [-0.05, 0) is 31.5 Å². The van der Waals surface area contributed by atoms with Crippen LogP contribution >= 0.6 is 0 Å². The Morgan fingerprint density at radius 1 is 1.53 bits per heavy atom. The lowest BCUT2D eigenvalue weighted by atomic mass is 10.2. The van der Waals surface area contributed by atoms with Crippen LogP contribution in [0.2, 0.25) is 0 Å². The molecule has 0 saturated carbocycles. The van der Waals surface area contributed by atoms with E-state index in [-0.39, 0.29) is 17.8 Å². The molecular weight excluding hydrogens is 247 g/mol. The first-order valence-corrected chi connectivity index (χ1v) is 6.62. The van der Waals surface area contributed by atoms with Crippen molar-refractivity contribution in [2.45, 2.75) is 25.3 Å². The average molecular weight is 266 g/mol. The van der Waals surface area contributed by atoms with Gasteiger partial charge in [0.05, 0.1) is 6.61 Å². The molecule has 1 aromatic carbocycles. The summed E-state index contributed by atoms with van der Waals surface area (Å²) in [4.78, 5) is 11.6. The van der Waals surface area contributed by atoms with E-state index in [0.29, 0.717) is 25.2 Å². The molecule has 5 heteroatoms. The van der Waals surface area contributed by atoms with Gasteiger partial charge in [-0.15, -0.1) is 0 Å². The van der Waals surface area contributed by atoms with Crippen LogP contribution in [0.25, 0.3) is 0 Å². The van der Waals surface area contributed by atoms with Crippen LogP contribution in [0.4, 0.5) is 4.39 Å². The van der Waals surface area contributed by atoms with Crippen LogP contribution in [-0.4, -0.2) is 31.6 Å². The molecular formula is C14H19FN2O2. The van der Waals surface area contributed by atoms with E-state index in [4.69, 9.17) is 4.74 Å². The summed E-state index contributed by atoms with van der Waals surface area (Å²) in [6, 6.07) is 6.27. The summed E-state index contributed by atoms with van der Waals surface area (Å²) >= 11 is 0. The second kappa shape index (κ2) is 7.09. The molecule has 1 amide bonds. The highest BCUT2D eigenvalue weighted by Crippen LogP contribution is 2.12. The summed E-state index contributed by atoms with van der Waals surface area (Å²) in [6.45, 7) is 2.24. The third-order valence-corrected chi connectivity index (χ3v) is 3.04. The normalized spacial score (nSPS) is 18.3. The standard InChI is InChI=1S/C14H19FN2O2/c15-11-3-1-4-13(9-11)19-8-2-5-14(18)17-12-6-7-16-10-12/h1,3-4,9,12,16H,2,5-8,10H2,(H,17,18). The van der Waals surface area contributed by atoms with E-state index in [9.17, 15) is 9.18 Å².